The molecule has 0 amide bonds. The Morgan fingerprint density at radius 1 is 0.910 bits per heavy atom. The van der Waals surface area contributed by atoms with Crippen molar-refractivity contribution in [3.63, 3.8) is 0 Å². The molecule has 0 aromatic heterocycles. The maximum absolute atomic E-state index is 13.5. The van der Waals surface area contributed by atoms with Crippen LogP contribution in [0, 0.1) is 10.8 Å². The predicted molar refractivity (Wildman–Crippen MR) is 243 cm³/mol. The number of hydrogen-bond donors (Lipinski definition) is 4. The van der Waals surface area contributed by atoms with Gasteiger partial charge < -0.3 is 58.3 Å². The molecule has 3 saturated heterocycles. The van der Waals surface area contributed by atoms with E-state index < -0.39 is 120 Å². The Morgan fingerprint density at radius 3 is 2.27 bits per heavy atom. The van der Waals surface area contributed by atoms with E-state index in [0.717, 1.165) is 18.9 Å². The van der Waals surface area contributed by atoms with Crippen LogP contribution in [0.25, 0.3) is 0 Å². The number of methoxy groups -OCH3 is 1. The highest BCUT2D eigenvalue weighted by Gasteiger charge is 2.59. The third-order valence-electron chi connectivity index (χ3n) is 13.4. The highest BCUT2D eigenvalue weighted by molar-refractivity contribution is 5.84. The molecule has 0 radical (unpaired) electrons. The van der Waals surface area contributed by atoms with Crippen LogP contribution in [0.3, 0.4) is 0 Å². The van der Waals surface area contributed by atoms with Gasteiger partial charge in [0.2, 0.25) is 5.79 Å². The summed E-state index contributed by atoms with van der Waals surface area (Å²) in [5.41, 5.74) is -3.22. The number of rotatable bonds is 12. The van der Waals surface area contributed by atoms with Crippen LogP contribution in [-0.2, 0) is 61.9 Å². The number of carboxylic acid groups (broad SMARTS) is 1. The van der Waals surface area contributed by atoms with Crippen molar-refractivity contribution in [1.29, 1.82) is 0 Å². The standard InChI is InChI=1S/C50H74O17/c1-11-12-13-14-15-16-43(56)65-46-33(23-45(58)60-10)22-37-27-40(31(3)51)61-30(2)21-34(53)24-38-28-41(62-32(4)52)48(7,8)49(9,66-38)29-39-26-36(64-44(57)18-17-42(54)55)25-35(63-39)19-20-47(5,6)50(46,59)67-37/h13-16,19-20,23,31,34-41,46,51,53,59H,2,11-12,17-18,21-22,24-29H2,1,3-10H3,(H,54,55)/b14-13+,16-15+,20-19+,33-23+/t31-,34?,35+,36-,37+,38-,39+,40-,41+,46+,49+,50-/m1/s1. The molecule has 17 nitrogen and oxygen atoms in total. The van der Waals surface area contributed by atoms with Crippen molar-refractivity contribution in [1.82, 2.24) is 0 Å². The molecule has 0 aliphatic carbocycles. The number of aliphatic hydroxyl groups excluding tert-OH is 2. The van der Waals surface area contributed by atoms with Crippen LogP contribution in [0.1, 0.15) is 132 Å². The molecule has 67 heavy (non-hydrogen) atoms. The molecule has 376 valence electrons. The van der Waals surface area contributed by atoms with Gasteiger partial charge in [0.25, 0.3) is 0 Å². The quantitative estimate of drug-likeness (QED) is 0.0575. The van der Waals surface area contributed by atoms with Crippen LogP contribution < -0.4 is 0 Å². The lowest BCUT2D eigenvalue weighted by Gasteiger charge is -2.55. The maximum atomic E-state index is 13.5. The number of aliphatic carboxylic acids is 1. The van der Waals surface area contributed by atoms with E-state index in [1.54, 1.807) is 32.1 Å². The molecule has 4 heterocycles. The fraction of sp³-hybridized carbons (Fsp3) is 0.700. The second kappa shape index (κ2) is 23.8. The summed E-state index contributed by atoms with van der Waals surface area (Å²) < 4.78 is 49.2. The van der Waals surface area contributed by atoms with Crippen LogP contribution in [0.15, 0.2) is 60.4 Å². The molecule has 4 aliphatic rings. The van der Waals surface area contributed by atoms with E-state index >= 15 is 0 Å². The third kappa shape index (κ3) is 15.0. The molecule has 0 saturated carbocycles. The molecule has 4 N–H and O–H groups in total. The van der Waals surface area contributed by atoms with Gasteiger partial charge in [0.15, 0.2) is 6.10 Å². The minimum Gasteiger partial charge on any atom is -0.493 e. The Labute approximate surface area is 394 Å². The fourth-order valence-corrected chi connectivity index (χ4v) is 9.25. The Balaban J connectivity index is 1.88. The number of carbonyl (C=O) groups excluding carboxylic acids is 4. The van der Waals surface area contributed by atoms with Gasteiger partial charge in [0.05, 0.1) is 67.9 Å². The summed E-state index contributed by atoms with van der Waals surface area (Å²) in [4.78, 5) is 63.3. The average molecular weight is 947 g/mol. The summed E-state index contributed by atoms with van der Waals surface area (Å²) in [5, 5.41) is 44.8. The van der Waals surface area contributed by atoms with Crippen molar-refractivity contribution in [3.8, 4) is 0 Å². The summed E-state index contributed by atoms with van der Waals surface area (Å²) in [6.45, 7) is 17.9. The summed E-state index contributed by atoms with van der Waals surface area (Å²) >= 11 is 0. The highest BCUT2D eigenvalue weighted by Crippen LogP contribution is 2.51. The third-order valence-corrected chi connectivity index (χ3v) is 13.4. The molecule has 0 aromatic carbocycles. The van der Waals surface area contributed by atoms with Crippen molar-refractivity contribution in [2.24, 2.45) is 10.8 Å². The van der Waals surface area contributed by atoms with E-state index in [1.165, 1.54) is 33.1 Å². The van der Waals surface area contributed by atoms with E-state index in [-0.39, 0.29) is 69.1 Å². The number of carboxylic acids is 1. The lowest BCUT2D eigenvalue weighted by atomic mass is 9.65. The lowest BCUT2D eigenvalue weighted by Crippen LogP contribution is -2.62. The molecule has 6 bridgehead atoms. The predicted octanol–water partition coefficient (Wildman–Crippen LogP) is 6.01. The van der Waals surface area contributed by atoms with Gasteiger partial charge >= 0.3 is 29.8 Å². The minimum absolute atomic E-state index is 0.0658. The second-order valence-electron chi connectivity index (χ2n) is 19.6. The highest BCUT2D eigenvalue weighted by atomic mass is 16.7. The van der Waals surface area contributed by atoms with Crippen molar-refractivity contribution < 1.29 is 82.3 Å². The monoisotopic (exact) mass is 946 g/mol. The van der Waals surface area contributed by atoms with Crippen LogP contribution in [0.5, 0.6) is 0 Å². The normalized spacial score (nSPS) is 35.1. The molecule has 3 fully saturated rings. The number of unbranched alkanes of at least 4 members (excludes halogenated alkanes) is 1. The fourth-order valence-electron chi connectivity index (χ4n) is 9.25. The average Bonchev–Trinajstić information content (AvgIpc) is 3.21. The smallest absolute Gasteiger partial charge is 0.331 e. The zero-order chi connectivity index (χ0) is 49.9. The van der Waals surface area contributed by atoms with Crippen molar-refractivity contribution in [2.75, 3.05) is 7.11 Å². The Morgan fingerprint density at radius 2 is 1.63 bits per heavy atom. The summed E-state index contributed by atoms with van der Waals surface area (Å²) in [6.07, 6.45) is 3.11. The maximum Gasteiger partial charge on any atom is 0.331 e. The number of fused-ring (bicyclic) bond motifs is 6. The first kappa shape index (κ1) is 55.2. The first-order valence-electron chi connectivity index (χ1n) is 23.3. The van der Waals surface area contributed by atoms with Gasteiger partial charge in [-0.25, -0.2) is 9.59 Å². The molecular weight excluding hydrogens is 873 g/mol. The minimum atomic E-state index is -2.42. The van der Waals surface area contributed by atoms with E-state index in [2.05, 4.69) is 6.58 Å². The Kier molecular flexibility index (Phi) is 19.6. The molecule has 0 spiro atoms. The number of allylic oxidation sites excluding steroid dienone is 3. The molecule has 0 aromatic rings. The first-order valence-corrected chi connectivity index (χ1v) is 23.3. The lowest BCUT2D eigenvalue weighted by molar-refractivity contribution is -0.327. The number of esters is 4. The van der Waals surface area contributed by atoms with E-state index in [0.29, 0.717) is 0 Å². The van der Waals surface area contributed by atoms with Gasteiger partial charge in [-0.2, -0.15) is 0 Å². The van der Waals surface area contributed by atoms with Crippen LogP contribution >= 0.6 is 0 Å². The largest absolute Gasteiger partial charge is 0.493 e. The molecule has 17 heteroatoms. The Bertz CT molecular complexity index is 1880. The number of hydrogen-bond acceptors (Lipinski definition) is 16. The van der Waals surface area contributed by atoms with E-state index in [1.807, 2.05) is 33.8 Å². The van der Waals surface area contributed by atoms with Crippen molar-refractivity contribution >= 4 is 29.8 Å². The summed E-state index contributed by atoms with van der Waals surface area (Å²) in [7, 11) is 1.19. The van der Waals surface area contributed by atoms with Gasteiger partial charge in [-0.15, -0.1) is 0 Å². The van der Waals surface area contributed by atoms with E-state index in [9.17, 15) is 44.4 Å². The van der Waals surface area contributed by atoms with Crippen molar-refractivity contribution in [2.45, 2.75) is 205 Å². The molecular formula is C50H74O17. The van der Waals surface area contributed by atoms with Gasteiger partial charge in [0.1, 0.15) is 18.3 Å². The molecule has 12 atom stereocenters. The van der Waals surface area contributed by atoms with Crippen LogP contribution in [-0.4, -0.2) is 130 Å². The van der Waals surface area contributed by atoms with E-state index in [4.69, 9.17) is 37.9 Å². The van der Waals surface area contributed by atoms with Gasteiger partial charge in [0, 0.05) is 74.9 Å². The Hall–Kier alpha value is -4.39. The van der Waals surface area contributed by atoms with Gasteiger partial charge in [-0.3, -0.25) is 14.4 Å². The number of carbonyl (C=O) groups is 5. The van der Waals surface area contributed by atoms with Crippen molar-refractivity contribution in [3.05, 3.63) is 60.4 Å². The summed E-state index contributed by atoms with van der Waals surface area (Å²) in [6, 6.07) is 0. The zero-order valence-corrected chi connectivity index (χ0v) is 40.6. The topological polar surface area (TPSA) is 240 Å². The SMILES string of the molecule is C=C1CC(O)C[C@@H]2C[C@H](OC(C)=O)C(C)(C)[C@](C)(C[C@@H]3C[C@H](OC(=O)CCC(=O)O)C[C@H](/C=C/C(C)(C)[C@]4(O)O[C@@H](C/C(=C\C(=O)OC)[C@@H]4OC(=O)/C=C/C=C/CCC)C[C@H]([C@@H](C)O)O1)O3)O2. The van der Waals surface area contributed by atoms with Crippen LogP contribution in [0.2, 0.25) is 0 Å². The van der Waals surface area contributed by atoms with Gasteiger partial charge in [-0.1, -0.05) is 78.0 Å². The molecule has 4 rings (SSSR count). The zero-order valence-electron chi connectivity index (χ0n) is 40.6. The molecule has 4 aliphatic heterocycles. The number of ether oxygens (including phenoxy) is 8. The molecule has 1 unspecified atom stereocenters. The number of aliphatic hydroxyl groups is 3. The second-order valence-corrected chi connectivity index (χ2v) is 19.6. The van der Waals surface area contributed by atoms with Crippen LogP contribution in [0.4, 0.5) is 0 Å². The summed E-state index contributed by atoms with van der Waals surface area (Å²) in [5.74, 6) is -6.25. The first-order chi connectivity index (χ1) is 31.3. The van der Waals surface area contributed by atoms with Gasteiger partial charge in [-0.05, 0) is 32.3 Å².